The Labute approximate surface area is 120 Å². The van der Waals surface area contributed by atoms with Gasteiger partial charge in [0.2, 0.25) is 0 Å². The summed E-state index contributed by atoms with van der Waals surface area (Å²) in [6.07, 6.45) is 8.13. The lowest BCUT2D eigenvalue weighted by atomic mass is 10.1. The van der Waals surface area contributed by atoms with E-state index in [-0.39, 0.29) is 0 Å². The molecule has 1 N–H and O–H groups in total. The third-order valence-corrected chi connectivity index (χ3v) is 4.11. The van der Waals surface area contributed by atoms with Gasteiger partial charge in [-0.05, 0) is 25.0 Å². The second kappa shape index (κ2) is 9.57. The number of halogens is 1. The Morgan fingerprint density at radius 1 is 1.11 bits per heavy atom. The summed E-state index contributed by atoms with van der Waals surface area (Å²) in [6, 6.07) is 9.04. The van der Waals surface area contributed by atoms with E-state index in [1.165, 1.54) is 48.6 Å². The molecule has 0 aliphatic rings. The SMILES string of the molecule is CCCCCCCC(C)NCc1ccccc1Br. The third kappa shape index (κ3) is 6.55. The van der Waals surface area contributed by atoms with Gasteiger partial charge in [-0.3, -0.25) is 0 Å². The van der Waals surface area contributed by atoms with Crippen LogP contribution >= 0.6 is 15.9 Å². The van der Waals surface area contributed by atoms with E-state index in [1.807, 2.05) is 0 Å². The molecule has 0 fully saturated rings. The highest BCUT2D eigenvalue weighted by atomic mass is 79.9. The van der Waals surface area contributed by atoms with Gasteiger partial charge in [-0.25, -0.2) is 0 Å². The Bertz CT molecular complexity index is 325. The Kier molecular flexibility index (Phi) is 8.36. The Morgan fingerprint density at radius 3 is 2.56 bits per heavy atom. The van der Waals surface area contributed by atoms with Crippen LogP contribution in [-0.4, -0.2) is 6.04 Å². The highest BCUT2D eigenvalue weighted by Crippen LogP contribution is 2.16. The molecule has 1 rings (SSSR count). The highest BCUT2D eigenvalue weighted by Gasteiger charge is 2.03. The molecule has 0 radical (unpaired) electrons. The van der Waals surface area contributed by atoms with Crippen LogP contribution in [0.1, 0.15) is 57.9 Å². The lowest BCUT2D eigenvalue weighted by Crippen LogP contribution is -2.25. The summed E-state index contributed by atoms with van der Waals surface area (Å²) in [6.45, 7) is 5.51. The Hall–Kier alpha value is -0.340. The van der Waals surface area contributed by atoms with Crippen molar-refractivity contribution in [3.63, 3.8) is 0 Å². The van der Waals surface area contributed by atoms with Gasteiger partial charge in [0.25, 0.3) is 0 Å². The summed E-state index contributed by atoms with van der Waals surface area (Å²) in [7, 11) is 0. The van der Waals surface area contributed by atoms with E-state index in [0.29, 0.717) is 6.04 Å². The Balaban J connectivity index is 2.13. The molecule has 1 aromatic rings. The number of nitrogens with one attached hydrogen (secondary N) is 1. The topological polar surface area (TPSA) is 12.0 Å². The summed E-state index contributed by atoms with van der Waals surface area (Å²) >= 11 is 3.59. The molecule has 0 aliphatic heterocycles. The Morgan fingerprint density at radius 2 is 1.83 bits per heavy atom. The quantitative estimate of drug-likeness (QED) is 0.611. The first-order valence-electron chi connectivity index (χ1n) is 7.20. The number of unbranched alkanes of at least 4 members (excludes halogenated alkanes) is 4. The van der Waals surface area contributed by atoms with Crippen molar-refractivity contribution in [2.75, 3.05) is 0 Å². The summed E-state index contributed by atoms with van der Waals surface area (Å²) in [5.41, 5.74) is 1.34. The maximum absolute atomic E-state index is 3.60. The first kappa shape index (κ1) is 15.7. The lowest BCUT2D eigenvalue weighted by Gasteiger charge is -2.14. The molecule has 102 valence electrons. The monoisotopic (exact) mass is 311 g/mol. The largest absolute Gasteiger partial charge is 0.310 e. The van der Waals surface area contributed by atoms with Crippen molar-refractivity contribution in [2.24, 2.45) is 0 Å². The fraction of sp³-hybridized carbons (Fsp3) is 0.625. The van der Waals surface area contributed by atoms with Crippen molar-refractivity contribution in [1.82, 2.24) is 5.32 Å². The van der Waals surface area contributed by atoms with Gasteiger partial charge in [-0.15, -0.1) is 0 Å². The van der Waals surface area contributed by atoms with Crippen LogP contribution in [0.4, 0.5) is 0 Å². The molecule has 0 saturated heterocycles. The van der Waals surface area contributed by atoms with Crippen LogP contribution in [-0.2, 0) is 6.54 Å². The van der Waals surface area contributed by atoms with E-state index in [1.54, 1.807) is 0 Å². The molecule has 0 aromatic heterocycles. The van der Waals surface area contributed by atoms with E-state index in [9.17, 15) is 0 Å². The molecule has 1 unspecified atom stereocenters. The lowest BCUT2D eigenvalue weighted by molar-refractivity contribution is 0.479. The number of rotatable bonds is 9. The molecule has 1 atom stereocenters. The van der Waals surface area contributed by atoms with Crippen LogP contribution in [0.15, 0.2) is 28.7 Å². The van der Waals surface area contributed by atoms with Crippen molar-refractivity contribution >= 4 is 15.9 Å². The molecule has 0 amide bonds. The molecule has 0 saturated carbocycles. The van der Waals surface area contributed by atoms with Gasteiger partial charge in [0, 0.05) is 17.1 Å². The molecule has 0 heterocycles. The van der Waals surface area contributed by atoms with Gasteiger partial charge in [0.1, 0.15) is 0 Å². The minimum Gasteiger partial charge on any atom is -0.310 e. The van der Waals surface area contributed by atoms with Crippen molar-refractivity contribution in [1.29, 1.82) is 0 Å². The van der Waals surface area contributed by atoms with Crippen LogP contribution in [0.25, 0.3) is 0 Å². The molecule has 0 bridgehead atoms. The molecule has 0 aliphatic carbocycles. The van der Waals surface area contributed by atoms with E-state index >= 15 is 0 Å². The number of hydrogen-bond acceptors (Lipinski definition) is 1. The fourth-order valence-corrected chi connectivity index (χ4v) is 2.51. The third-order valence-electron chi connectivity index (χ3n) is 3.34. The van der Waals surface area contributed by atoms with E-state index in [0.717, 1.165) is 6.54 Å². The zero-order valence-electron chi connectivity index (χ0n) is 11.7. The van der Waals surface area contributed by atoms with Crippen LogP contribution in [0.2, 0.25) is 0 Å². The number of hydrogen-bond donors (Lipinski definition) is 1. The summed E-state index contributed by atoms with van der Waals surface area (Å²) < 4.78 is 1.20. The average molecular weight is 312 g/mol. The van der Waals surface area contributed by atoms with Crippen molar-refractivity contribution in [3.05, 3.63) is 34.3 Å². The van der Waals surface area contributed by atoms with Gasteiger partial charge in [-0.2, -0.15) is 0 Å². The van der Waals surface area contributed by atoms with E-state index in [2.05, 4.69) is 59.4 Å². The van der Waals surface area contributed by atoms with Crippen LogP contribution in [0, 0.1) is 0 Å². The maximum atomic E-state index is 3.60. The average Bonchev–Trinajstić information content (AvgIpc) is 2.37. The zero-order chi connectivity index (χ0) is 13.2. The van der Waals surface area contributed by atoms with Crippen molar-refractivity contribution in [3.8, 4) is 0 Å². The van der Waals surface area contributed by atoms with Gasteiger partial charge >= 0.3 is 0 Å². The van der Waals surface area contributed by atoms with E-state index in [4.69, 9.17) is 0 Å². The van der Waals surface area contributed by atoms with Gasteiger partial charge in [-0.1, -0.05) is 73.2 Å². The minimum absolute atomic E-state index is 0.610. The normalized spacial score (nSPS) is 12.6. The maximum Gasteiger partial charge on any atom is 0.0220 e. The van der Waals surface area contributed by atoms with Gasteiger partial charge in [0.15, 0.2) is 0 Å². The summed E-state index contributed by atoms with van der Waals surface area (Å²) in [4.78, 5) is 0. The predicted octanol–water partition coefficient (Wildman–Crippen LogP) is 5.29. The second-order valence-electron chi connectivity index (χ2n) is 5.08. The summed E-state index contributed by atoms with van der Waals surface area (Å²) in [5.74, 6) is 0. The molecular formula is C16H26BrN. The minimum atomic E-state index is 0.610. The molecule has 18 heavy (non-hydrogen) atoms. The molecule has 2 heteroatoms. The molecule has 0 spiro atoms. The first-order valence-corrected chi connectivity index (χ1v) is 8.00. The second-order valence-corrected chi connectivity index (χ2v) is 5.93. The standard InChI is InChI=1S/C16H26BrN/c1-3-4-5-6-7-10-14(2)18-13-15-11-8-9-12-16(15)17/h8-9,11-12,14,18H,3-7,10,13H2,1-2H3. The van der Waals surface area contributed by atoms with Crippen molar-refractivity contribution in [2.45, 2.75) is 65.0 Å². The van der Waals surface area contributed by atoms with Gasteiger partial charge < -0.3 is 5.32 Å². The van der Waals surface area contributed by atoms with Gasteiger partial charge in [0.05, 0.1) is 0 Å². The van der Waals surface area contributed by atoms with Crippen LogP contribution < -0.4 is 5.32 Å². The van der Waals surface area contributed by atoms with E-state index < -0.39 is 0 Å². The fourth-order valence-electron chi connectivity index (χ4n) is 2.08. The van der Waals surface area contributed by atoms with Crippen molar-refractivity contribution < 1.29 is 0 Å². The smallest absolute Gasteiger partial charge is 0.0220 e. The van der Waals surface area contributed by atoms with Crippen LogP contribution in [0.3, 0.4) is 0 Å². The number of benzene rings is 1. The van der Waals surface area contributed by atoms with Crippen LogP contribution in [0.5, 0.6) is 0 Å². The first-order chi connectivity index (χ1) is 8.74. The zero-order valence-corrected chi connectivity index (χ0v) is 13.3. The molecule has 1 aromatic carbocycles. The molecular weight excluding hydrogens is 286 g/mol. The highest BCUT2D eigenvalue weighted by molar-refractivity contribution is 9.10. The molecule has 1 nitrogen and oxygen atoms in total. The summed E-state index contributed by atoms with van der Waals surface area (Å²) in [5, 5.41) is 3.60. The predicted molar refractivity (Wildman–Crippen MR) is 83.8 cm³/mol.